The number of amides is 2. The van der Waals surface area contributed by atoms with Gasteiger partial charge in [-0.15, -0.1) is 0 Å². The molecular formula is C17H24N2O6S. The number of carbonyl (C=O) groups is 3. The van der Waals surface area contributed by atoms with Crippen LogP contribution in [0.2, 0.25) is 0 Å². The maximum Gasteiger partial charge on any atom is 0.408 e. The minimum absolute atomic E-state index is 0.0744. The molecule has 0 aliphatic carbocycles. The number of thioether (sulfide) groups is 1. The first-order valence-corrected chi connectivity index (χ1v) is 9.36. The van der Waals surface area contributed by atoms with Crippen LogP contribution in [-0.4, -0.2) is 60.9 Å². The zero-order valence-corrected chi connectivity index (χ0v) is 15.6. The number of rotatable bonds is 10. The van der Waals surface area contributed by atoms with E-state index >= 15 is 0 Å². The topological polar surface area (TPSA) is 114 Å². The third-order valence-corrected chi connectivity index (χ3v) is 4.06. The van der Waals surface area contributed by atoms with Gasteiger partial charge in [0.05, 0.1) is 13.7 Å². The predicted octanol–water partition coefficient (Wildman–Crippen LogP) is 0.685. The number of carbonyl (C=O) groups excluding carboxylic acids is 3. The summed E-state index contributed by atoms with van der Waals surface area (Å²) in [6, 6.07) is 7.04. The number of nitrogens with one attached hydrogen (secondary N) is 2. The lowest BCUT2D eigenvalue weighted by Gasteiger charge is -2.21. The van der Waals surface area contributed by atoms with Crippen molar-refractivity contribution >= 4 is 29.7 Å². The van der Waals surface area contributed by atoms with E-state index in [2.05, 4.69) is 15.4 Å². The molecule has 3 N–H and O–H groups in total. The molecule has 26 heavy (non-hydrogen) atoms. The minimum Gasteiger partial charge on any atom is -0.467 e. The Morgan fingerprint density at radius 3 is 2.42 bits per heavy atom. The Kier molecular flexibility index (Phi) is 10.2. The van der Waals surface area contributed by atoms with Crippen molar-refractivity contribution < 1.29 is 29.0 Å². The van der Waals surface area contributed by atoms with Gasteiger partial charge >= 0.3 is 12.1 Å². The molecule has 1 aromatic rings. The Hall–Kier alpha value is -2.26. The number of methoxy groups -OCH3 is 1. The van der Waals surface area contributed by atoms with Gasteiger partial charge in [-0.3, -0.25) is 4.79 Å². The summed E-state index contributed by atoms with van der Waals surface area (Å²) in [4.78, 5) is 35.8. The van der Waals surface area contributed by atoms with Crippen LogP contribution in [0.15, 0.2) is 30.3 Å². The molecular weight excluding hydrogens is 360 g/mol. The van der Waals surface area contributed by atoms with Crippen LogP contribution in [0.5, 0.6) is 0 Å². The van der Waals surface area contributed by atoms with Crippen LogP contribution in [-0.2, 0) is 25.7 Å². The van der Waals surface area contributed by atoms with Gasteiger partial charge in [0.2, 0.25) is 5.91 Å². The summed E-state index contributed by atoms with van der Waals surface area (Å²) in [5.41, 5.74) is 0.818. The zero-order chi connectivity index (χ0) is 19.4. The van der Waals surface area contributed by atoms with Crippen molar-refractivity contribution in [1.29, 1.82) is 0 Å². The van der Waals surface area contributed by atoms with Crippen molar-refractivity contribution in [3.63, 3.8) is 0 Å². The Morgan fingerprint density at radius 2 is 1.85 bits per heavy atom. The molecule has 0 aliphatic heterocycles. The van der Waals surface area contributed by atoms with Crippen LogP contribution in [0.3, 0.4) is 0 Å². The summed E-state index contributed by atoms with van der Waals surface area (Å²) >= 11 is 1.51. The van der Waals surface area contributed by atoms with E-state index in [4.69, 9.17) is 4.74 Å². The normalized spacial score (nSPS) is 12.6. The van der Waals surface area contributed by atoms with Gasteiger partial charge in [0.15, 0.2) is 6.04 Å². The van der Waals surface area contributed by atoms with Gasteiger partial charge in [0.1, 0.15) is 12.6 Å². The van der Waals surface area contributed by atoms with Gasteiger partial charge in [-0.05, 0) is 24.0 Å². The monoisotopic (exact) mass is 384 g/mol. The number of hydrogen-bond acceptors (Lipinski definition) is 7. The number of aliphatic hydroxyl groups excluding tert-OH is 1. The maximum absolute atomic E-state index is 12.3. The fourth-order valence-corrected chi connectivity index (χ4v) is 2.48. The number of hydrogen-bond donors (Lipinski definition) is 3. The highest BCUT2D eigenvalue weighted by Crippen LogP contribution is 2.04. The van der Waals surface area contributed by atoms with E-state index in [-0.39, 0.29) is 6.61 Å². The van der Waals surface area contributed by atoms with Gasteiger partial charge in [-0.25, -0.2) is 9.59 Å². The molecule has 1 rings (SSSR count). The third kappa shape index (κ3) is 7.75. The summed E-state index contributed by atoms with van der Waals surface area (Å²) in [5.74, 6) is -0.754. The summed E-state index contributed by atoms with van der Waals surface area (Å²) in [5, 5.41) is 14.0. The van der Waals surface area contributed by atoms with Gasteiger partial charge < -0.3 is 25.2 Å². The standard InChI is InChI=1S/C17H24N2O6S/c1-24-16(22)14(10-20)18-15(21)13(8-9-26-2)19-17(23)25-11-12-6-4-3-5-7-12/h3-7,13-14,20H,8-11H2,1-2H3,(H,18,21)(H,19,23)/t13-,14+/m0/s1. The van der Waals surface area contributed by atoms with E-state index in [9.17, 15) is 19.5 Å². The second kappa shape index (κ2) is 12.2. The average molecular weight is 384 g/mol. The van der Waals surface area contributed by atoms with E-state index in [0.29, 0.717) is 12.2 Å². The Bertz CT molecular complexity index is 584. The number of benzene rings is 1. The molecule has 0 fully saturated rings. The summed E-state index contributed by atoms with van der Waals surface area (Å²) in [7, 11) is 1.15. The maximum atomic E-state index is 12.3. The number of esters is 1. The van der Waals surface area contributed by atoms with E-state index in [1.807, 2.05) is 36.6 Å². The van der Waals surface area contributed by atoms with Crippen LogP contribution in [0.25, 0.3) is 0 Å². The fourth-order valence-electron chi connectivity index (χ4n) is 2.01. The number of alkyl carbamates (subject to hydrolysis) is 1. The molecule has 0 radical (unpaired) electrons. The smallest absolute Gasteiger partial charge is 0.408 e. The van der Waals surface area contributed by atoms with Crippen LogP contribution in [0.4, 0.5) is 4.79 Å². The highest BCUT2D eigenvalue weighted by molar-refractivity contribution is 7.98. The van der Waals surface area contributed by atoms with Crippen molar-refractivity contribution in [2.24, 2.45) is 0 Å². The minimum atomic E-state index is -1.19. The van der Waals surface area contributed by atoms with E-state index in [0.717, 1.165) is 12.7 Å². The SMILES string of the molecule is COC(=O)[C@@H](CO)NC(=O)[C@H](CCSC)NC(=O)OCc1ccccc1. The van der Waals surface area contributed by atoms with Gasteiger partial charge in [0.25, 0.3) is 0 Å². The quantitative estimate of drug-likeness (QED) is 0.508. The van der Waals surface area contributed by atoms with Gasteiger partial charge in [0, 0.05) is 0 Å². The molecule has 8 nitrogen and oxygen atoms in total. The van der Waals surface area contributed by atoms with Crippen molar-refractivity contribution in [3.05, 3.63) is 35.9 Å². The highest BCUT2D eigenvalue weighted by atomic mass is 32.2. The lowest BCUT2D eigenvalue weighted by atomic mass is 10.2. The molecule has 0 saturated carbocycles. The lowest BCUT2D eigenvalue weighted by molar-refractivity contribution is -0.146. The van der Waals surface area contributed by atoms with Crippen LogP contribution in [0.1, 0.15) is 12.0 Å². The molecule has 1 aromatic carbocycles. The van der Waals surface area contributed by atoms with Crippen molar-refractivity contribution in [2.75, 3.05) is 25.7 Å². The lowest BCUT2D eigenvalue weighted by Crippen LogP contribution is -2.53. The molecule has 2 atom stereocenters. The Labute approximate surface area is 156 Å². The molecule has 0 heterocycles. The van der Waals surface area contributed by atoms with Crippen LogP contribution < -0.4 is 10.6 Å². The van der Waals surface area contributed by atoms with E-state index in [1.165, 1.54) is 11.8 Å². The molecule has 0 aromatic heterocycles. The second-order valence-electron chi connectivity index (χ2n) is 5.31. The summed E-state index contributed by atoms with van der Waals surface area (Å²) in [6.07, 6.45) is 1.47. The molecule has 2 amide bonds. The molecule has 144 valence electrons. The largest absolute Gasteiger partial charge is 0.467 e. The van der Waals surface area contributed by atoms with Crippen molar-refractivity contribution in [3.8, 4) is 0 Å². The first-order valence-electron chi connectivity index (χ1n) is 7.97. The molecule has 0 aliphatic rings. The van der Waals surface area contributed by atoms with E-state index < -0.39 is 36.7 Å². The summed E-state index contributed by atoms with van der Waals surface area (Å²) < 4.78 is 9.61. The van der Waals surface area contributed by atoms with Crippen molar-refractivity contribution in [1.82, 2.24) is 10.6 Å². The van der Waals surface area contributed by atoms with Gasteiger partial charge in [-0.1, -0.05) is 30.3 Å². The zero-order valence-electron chi connectivity index (χ0n) is 14.8. The molecule has 0 bridgehead atoms. The second-order valence-corrected chi connectivity index (χ2v) is 6.29. The van der Waals surface area contributed by atoms with Crippen LogP contribution >= 0.6 is 11.8 Å². The number of ether oxygens (including phenoxy) is 2. The first-order chi connectivity index (χ1) is 12.5. The summed E-state index contributed by atoms with van der Waals surface area (Å²) in [6.45, 7) is -0.531. The molecule has 0 unspecified atom stereocenters. The van der Waals surface area contributed by atoms with Gasteiger partial charge in [-0.2, -0.15) is 11.8 Å². The Balaban J connectivity index is 2.62. The highest BCUT2D eigenvalue weighted by Gasteiger charge is 2.27. The van der Waals surface area contributed by atoms with Crippen LogP contribution in [0, 0.1) is 0 Å². The Morgan fingerprint density at radius 1 is 1.15 bits per heavy atom. The first kappa shape index (κ1) is 21.8. The molecule has 9 heteroatoms. The predicted molar refractivity (Wildman–Crippen MR) is 97.6 cm³/mol. The van der Waals surface area contributed by atoms with Crippen molar-refractivity contribution in [2.45, 2.75) is 25.1 Å². The average Bonchev–Trinajstić information content (AvgIpc) is 2.67. The fraction of sp³-hybridized carbons (Fsp3) is 0.471. The molecule has 0 spiro atoms. The van der Waals surface area contributed by atoms with E-state index in [1.54, 1.807) is 0 Å². The third-order valence-electron chi connectivity index (χ3n) is 3.42. The number of aliphatic hydroxyl groups is 1. The molecule has 0 saturated heterocycles.